The van der Waals surface area contributed by atoms with E-state index in [0.29, 0.717) is 10.7 Å². The van der Waals surface area contributed by atoms with E-state index in [-0.39, 0.29) is 23.6 Å². The van der Waals surface area contributed by atoms with Crippen LogP contribution in [0.3, 0.4) is 0 Å². The van der Waals surface area contributed by atoms with Crippen LogP contribution in [-0.2, 0) is 9.59 Å². The molecular weight excluding hydrogens is 350 g/mol. The minimum atomic E-state index is -0.288. The Morgan fingerprint density at radius 3 is 2.73 bits per heavy atom. The fourth-order valence-electron chi connectivity index (χ4n) is 2.27. The molecule has 0 unspecified atom stereocenters. The number of amidine groups is 1. The molecule has 2 aromatic carbocycles. The van der Waals surface area contributed by atoms with Gasteiger partial charge in [0.2, 0.25) is 0 Å². The molecule has 0 atom stereocenters. The fourth-order valence-corrected chi connectivity index (χ4v) is 2.97. The number of rotatable bonds is 5. The standard InChI is InChI=1S/C19H17N3O3S/c1-12-5-7-14(8-6-12)21-17(23)11-25-15-4-2-3-13(9-15)10-16-18(24)22-19(20)26-16/h2-10H,11H2,1H3,(H,21,23)(H2,20,22,24)/b16-10-. The topological polar surface area (TPSA) is 91.3 Å². The highest BCUT2D eigenvalue weighted by Crippen LogP contribution is 2.26. The lowest BCUT2D eigenvalue weighted by molar-refractivity contribution is -0.118. The van der Waals surface area contributed by atoms with E-state index in [1.165, 1.54) is 0 Å². The van der Waals surface area contributed by atoms with Gasteiger partial charge in [0.05, 0.1) is 4.91 Å². The molecule has 0 aliphatic carbocycles. The first kappa shape index (κ1) is 17.8. The molecule has 132 valence electrons. The van der Waals surface area contributed by atoms with Crippen LogP contribution in [0, 0.1) is 12.3 Å². The summed E-state index contributed by atoms with van der Waals surface area (Å²) in [6.07, 6.45) is 1.68. The summed E-state index contributed by atoms with van der Waals surface area (Å²) in [6.45, 7) is 1.86. The molecule has 1 aliphatic heterocycles. The van der Waals surface area contributed by atoms with Crippen LogP contribution < -0.4 is 15.4 Å². The van der Waals surface area contributed by atoms with Crippen LogP contribution in [0.2, 0.25) is 0 Å². The number of ether oxygens (including phenoxy) is 1. The minimum absolute atomic E-state index is 0.112. The molecule has 0 radical (unpaired) electrons. The maximum Gasteiger partial charge on any atom is 0.264 e. The predicted octanol–water partition coefficient (Wildman–Crippen LogP) is 3.15. The van der Waals surface area contributed by atoms with Crippen LogP contribution in [0.25, 0.3) is 6.08 Å². The number of anilines is 1. The van der Waals surface area contributed by atoms with Gasteiger partial charge in [0.15, 0.2) is 11.8 Å². The number of hydrogen-bond acceptors (Lipinski definition) is 5. The molecule has 2 amide bonds. The molecule has 0 aromatic heterocycles. The second-order valence-electron chi connectivity index (χ2n) is 5.67. The monoisotopic (exact) mass is 367 g/mol. The van der Waals surface area contributed by atoms with Crippen molar-refractivity contribution in [1.29, 1.82) is 5.41 Å². The highest BCUT2D eigenvalue weighted by atomic mass is 32.2. The number of carbonyl (C=O) groups excluding carboxylic acids is 2. The van der Waals surface area contributed by atoms with Crippen molar-refractivity contribution in [1.82, 2.24) is 5.32 Å². The molecule has 1 fully saturated rings. The third-order valence-electron chi connectivity index (χ3n) is 3.52. The Hall–Kier alpha value is -3.06. The molecule has 0 saturated carbocycles. The van der Waals surface area contributed by atoms with Gasteiger partial charge < -0.3 is 15.4 Å². The molecule has 1 heterocycles. The van der Waals surface area contributed by atoms with Crippen molar-refractivity contribution in [3.8, 4) is 5.75 Å². The van der Waals surface area contributed by atoms with Crippen molar-refractivity contribution in [2.45, 2.75) is 6.92 Å². The maximum absolute atomic E-state index is 12.0. The predicted molar refractivity (Wildman–Crippen MR) is 103 cm³/mol. The molecule has 6 nitrogen and oxygen atoms in total. The Balaban J connectivity index is 1.59. The Bertz CT molecular complexity index is 891. The maximum atomic E-state index is 12.0. The number of thioether (sulfide) groups is 1. The number of amides is 2. The Labute approximate surface area is 155 Å². The first-order chi connectivity index (χ1) is 12.5. The highest BCUT2D eigenvalue weighted by Gasteiger charge is 2.22. The van der Waals surface area contributed by atoms with Gasteiger partial charge in [-0.2, -0.15) is 0 Å². The molecule has 1 aliphatic rings. The lowest BCUT2D eigenvalue weighted by Crippen LogP contribution is -2.20. The van der Waals surface area contributed by atoms with Crippen molar-refractivity contribution in [3.05, 3.63) is 64.6 Å². The quantitative estimate of drug-likeness (QED) is 0.708. The van der Waals surface area contributed by atoms with Crippen molar-refractivity contribution >= 4 is 40.5 Å². The van der Waals surface area contributed by atoms with Gasteiger partial charge in [0.1, 0.15) is 5.75 Å². The molecule has 1 saturated heterocycles. The molecule has 0 spiro atoms. The van der Waals surface area contributed by atoms with Crippen molar-refractivity contribution < 1.29 is 14.3 Å². The van der Waals surface area contributed by atoms with E-state index in [2.05, 4.69) is 10.6 Å². The molecule has 3 N–H and O–H groups in total. The van der Waals surface area contributed by atoms with E-state index in [4.69, 9.17) is 10.1 Å². The van der Waals surface area contributed by atoms with Crippen LogP contribution in [0.4, 0.5) is 5.69 Å². The lowest BCUT2D eigenvalue weighted by atomic mass is 10.2. The van der Waals surface area contributed by atoms with Crippen LogP contribution in [0.5, 0.6) is 5.75 Å². The Kier molecular flexibility index (Phi) is 5.38. The Morgan fingerprint density at radius 2 is 2.04 bits per heavy atom. The van der Waals surface area contributed by atoms with E-state index in [9.17, 15) is 9.59 Å². The number of benzene rings is 2. The summed E-state index contributed by atoms with van der Waals surface area (Å²) in [5.41, 5.74) is 2.60. The normalized spacial score (nSPS) is 15.0. The van der Waals surface area contributed by atoms with E-state index in [0.717, 1.165) is 28.6 Å². The zero-order valence-electron chi connectivity index (χ0n) is 14.0. The Morgan fingerprint density at radius 1 is 1.27 bits per heavy atom. The van der Waals surface area contributed by atoms with Gasteiger partial charge in [-0.25, -0.2) is 0 Å². The summed E-state index contributed by atoms with van der Waals surface area (Å²) in [7, 11) is 0. The number of hydrogen-bond donors (Lipinski definition) is 3. The molecular formula is C19H17N3O3S. The van der Waals surface area contributed by atoms with Gasteiger partial charge in [-0.15, -0.1) is 0 Å². The summed E-state index contributed by atoms with van der Waals surface area (Å²) in [6, 6.07) is 14.6. The fraction of sp³-hybridized carbons (Fsp3) is 0.105. The van der Waals surface area contributed by atoms with Crippen LogP contribution in [-0.4, -0.2) is 23.6 Å². The van der Waals surface area contributed by atoms with Gasteiger partial charge in [-0.1, -0.05) is 29.8 Å². The summed E-state index contributed by atoms with van der Waals surface area (Å²) in [5.74, 6) is -0.0162. The van der Waals surface area contributed by atoms with Crippen molar-refractivity contribution in [2.24, 2.45) is 0 Å². The van der Waals surface area contributed by atoms with E-state index in [1.807, 2.05) is 37.3 Å². The third-order valence-corrected chi connectivity index (χ3v) is 4.35. The largest absolute Gasteiger partial charge is 0.484 e. The second kappa shape index (κ2) is 7.88. The molecule has 2 aromatic rings. The van der Waals surface area contributed by atoms with E-state index >= 15 is 0 Å². The van der Waals surface area contributed by atoms with Crippen LogP contribution in [0.1, 0.15) is 11.1 Å². The molecule has 3 rings (SSSR count). The number of carbonyl (C=O) groups is 2. The van der Waals surface area contributed by atoms with Gasteiger partial charge in [0.25, 0.3) is 11.8 Å². The highest BCUT2D eigenvalue weighted by molar-refractivity contribution is 8.18. The van der Waals surface area contributed by atoms with E-state index < -0.39 is 0 Å². The molecule has 7 heteroatoms. The zero-order valence-corrected chi connectivity index (χ0v) is 14.9. The van der Waals surface area contributed by atoms with E-state index in [1.54, 1.807) is 24.3 Å². The summed E-state index contributed by atoms with van der Waals surface area (Å²) < 4.78 is 5.53. The van der Waals surface area contributed by atoms with Gasteiger partial charge in [-0.05, 0) is 54.6 Å². The van der Waals surface area contributed by atoms with Gasteiger partial charge >= 0.3 is 0 Å². The smallest absolute Gasteiger partial charge is 0.264 e. The first-order valence-corrected chi connectivity index (χ1v) is 8.70. The van der Waals surface area contributed by atoms with Gasteiger partial charge in [0, 0.05) is 5.69 Å². The summed E-state index contributed by atoms with van der Waals surface area (Å²) in [4.78, 5) is 24.1. The minimum Gasteiger partial charge on any atom is -0.484 e. The summed E-state index contributed by atoms with van der Waals surface area (Å²) in [5, 5.41) is 12.8. The van der Waals surface area contributed by atoms with Crippen LogP contribution >= 0.6 is 11.8 Å². The number of aryl methyl sites for hydroxylation is 1. The first-order valence-electron chi connectivity index (χ1n) is 7.88. The second-order valence-corrected chi connectivity index (χ2v) is 6.72. The molecule has 26 heavy (non-hydrogen) atoms. The van der Waals surface area contributed by atoms with Gasteiger partial charge in [-0.3, -0.25) is 15.0 Å². The number of nitrogens with one attached hydrogen (secondary N) is 3. The lowest BCUT2D eigenvalue weighted by Gasteiger charge is -2.08. The average molecular weight is 367 g/mol. The average Bonchev–Trinajstić information content (AvgIpc) is 2.93. The zero-order chi connectivity index (χ0) is 18.5. The van der Waals surface area contributed by atoms with Crippen molar-refractivity contribution in [3.63, 3.8) is 0 Å². The SMILES string of the molecule is Cc1ccc(NC(=O)COc2cccc(/C=C3\SC(=N)NC3=O)c2)cc1. The van der Waals surface area contributed by atoms with Crippen molar-refractivity contribution in [2.75, 3.05) is 11.9 Å². The summed E-state index contributed by atoms with van der Waals surface area (Å²) >= 11 is 1.07. The molecule has 0 bridgehead atoms. The van der Waals surface area contributed by atoms with Crippen LogP contribution in [0.15, 0.2) is 53.4 Å². The third kappa shape index (κ3) is 4.73.